The Hall–Kier alpha value is -1.95. The zero-order valence-corrected chi connectivity index (χ0v) is 11.0. The van der Waals surface area contributed by atoms with Gasteiger partial charge in [-0.05, 0) is 24.3 Å². The van der Waals surface area contributed by atoms with Crippen LogP contribution in [0.2, 0.25) is 0 Å². The van der Waals surface area contributed by atoms with Gasteiger partial charge in [0.05, 0.1) is 6.54 Å². The standard InChI is InChI=1S/C13H13N3O2S/c17-13(18)11-12(15-6-5-14-11)16(9-3-4-9)8-10-2-1-7-19-10/h1-2,5-7,9H,3-4,8H2,(H,17,18). The van der Waals surface area contributed by atoms with Crippen molar-refractivity contribution in [1.29, 1.82) is 0 Å². The van der Waals surface area contributed by atoms with Gasteiger partial charge in [0.1, 0.15) is 0 Å². The van der Waals surface area contributed by atoms with Crippen molar-refractivity contribution in [1.82, 2.24) is 9.97 Å². The van der Waals surface area contributed by atoms with Gasteiger partial charge in [0.25, 0.3) is 0 Å². The number of aromatic nitrogens is 2. The number of carbonyl (C=O) groups is 1. The van der Waals surface area contributed by atoms with E-state index in [2.05, 4.69) is 20.9 Å². The molecule has 1 aliphatic rings. The van der Waals surface area contributed by atoms with E-state index < -0.39 is 5.97 Å². The molecule has 19 heavy (non-hydrogen) atoms. The van der Waals surface area contributed by atoms with Crippen molar-refractivity contribution in [2.45, 2.75) is 25.4 Å². The minimum Gasteiger partial charge on any atom is -0.476 e. The predicted molar refractivity (Wildman–Crippen MR) is 72.5 cm³/mol. The number of rotatable bonds is 5. The Bertz CT molecular complexity index is 581. The quantitative estimate of drug-likeness (QED) is 0.907. The molecular weight excluding hydrogens is 262 g/mol. The van der Waals surface area contributed by atoms with Gasteiger partial charge in [-0.2, -0.15) is 0 Å². The highest BCUT2D eigenvalue weighted by Crippen LogP contribution is 2.33. The summed E-state index contributed by atoms with van der Waals surface area (Å²) >= 11 is 1.67. The third-order valence-corrected chi connectivity index (χ3v) is 3.91. The lowest BCUT2D eigenvalue weighted by Gasteiger charge is -2.23. The van der Waals surface area contributed by atoms with Crippen molar-refractivity contribution >= 4 is 23.1 Å². The smallest absolute Gasteiger partial charge is 0.358 e. The highest BCUT2D eigenvalue weighted by atomic mass is 32.1. The van der Waals surface area contributed by atoms with Crippen molar-refractivity contribution in [3.8, 4) is 0 Å². The summed E-state index contributed by atoms with van der Waals surface area (Å²) in [5.74, 6) is -0.550. The van der Waals surface area contributed by atoms with Gasteiger partial charge in [0.15, 0.2) is 11.5 Å². The monoisotopic (exact) mass is 275 g/mol. The third-order valence-electron chi connectivity index (χ3n) is 3.05. The van der Waals surface area contributed by atoms with Crippen molar-refractivity contribution in [3.05, 3.63) is 40.5 Å². The van der Waals surface area contributed by atoms with E-state index in [0.717, 1.165) is 12.8 Å². The van der Waals surface area contributed by atoms with Gasteiger partial charge in [0, 0.05) is 23.3 Å². The number of carboxylic acid groups (broad SMARTS) is 1. The predicted octanol–water partition coefficient (Wildman–Crippen LogP) is 2.41. The molecule has 0 unspecified atom stereocenters. The number of aromatic carboxylic acids is 1. The molecule has 1 aliphatic carbocycles. The summed E-state index contributed by atoms with van der Waals surface area (Å²) in [5, 5.41) is 11.2. The van der Waals surface area contributed by atoms with Gasteiger partial charge in [-0.25, -0.2) is 14.8 Å². The van der Waals surface area contributed by atoms with Gasteiger partial charge >= 0.3 is 5.97 Å². The van der Waals surface area contributed by atoms with Crippen LogP contribution < -0.4 is 4.90 Å². The minimum absolute atomic E-state index is 0.0333. The molecule has 0 bridgehead atoms. The zero-order chi connectivity index (χ0) is 13.2. The van der Waals surface area contributed by atoms with E-state index in [1.165, 1.54) is 11.1 Å². The summed E-state index contributed by atoms with van der Waals surface area (Å²) in [4.78, 5) is 22.7. The van der Waals surface area contributed by atoms with E-state index in [0.29, 0.717) is 18.4 Å². The van der Waals surface area contributed by atoms with E-state index in [1.54, 1.807) is 17.5 Å². The molecule has 2 aromatic rings. The second-order valence-electron chi connectivity index (χ2n) is 4.47. The summed E-state index contributed by atoms with van der Waals surface area (Å²) in [5.41, 5.74) is 0.0333. The maximum Gasteiger partial charge on any atom is 0.358 e. The fraction of sp³-hybridized carbons (Fsp3) is 0.308. The number of thiophene rings is 1. The molecule has 1 saturated carbocycles. The highest BCUT2D eigenvalue weighted by Gasteiger charge is 2.33. The molecule has 0 aromatic carbocycles. The normalized spacial score (nSPS) is 14.3. The Balaban J connectivity index is 1.94. The largest absolute Gasteiger partial charge is 0.476 e. The Morgan fingerprint density at radius 2 is 2.21 bits per heavy atom. The maximum absolute atomic E-state index is 11.2. The van der Waals surface area contributed by atoms with Gasteiger partial charge in [-0.15, -0.1) is 11.3 Å². The average Bonchev–Trinajstić information content (AvgIpc) is 3.13. The van der Waals surface area contributed by atoms with Crippen LogP contribution in [0.15, 0.2) is 29.9 Å². The van der Waals surface area contributed by atoms with Gasteiger partial charge in [-0.1, -0.05) is 6.07 Å². The Kier molecular flexibility index (Phi) is 3.16. The molecule has 2 aromatic heterocycles. The first-order valence-electron chi connectivity index (χ1n) is 6.09. The molecule has 98 valence electrons. The van der Waals surface area contributed by atoms with Crippen LogP contribution in [0.4, 0.5) is 5.82 Å². The van der Waals surface area contributed by atoms with Crippen molar-refractivity contribution in [2.24, 2.45) is 0 Å². The lowest BCUT2D eigenvalue weighted by molar-refractivity contribution is 0.0690. The molecule has 0 radical (unpaired) electrons. The molecule has 1 fully saturated rings. The van der Waals surface area contributed by atoms with E-state index in [4.69, 9.17) is 0 Å². The first-order valence-corrected chi connectivity index (χ1v) is 6.97. The minimum atomic E-state index is -1.03. The van der Waals surface area contributed by atoms with Crippen LogP contribution in [0.3, 0.4) is 0 Å². The van der Waals surface area contributed by atoms with Crippen LogP contribution >= 0.6 is 11.3 Å². The number of hydrogen-bond acceptors (Lipinski definition) is 5. The van der Waals surface area contributed by atoms with Gasteiger partial charge in [0.2, 0.25) is 0 Å². The van der Waals surface area contributed by atoms with E-state index >= 15 is 0 Å². The fourth-order valence-corrected chi connectivity index (χ4v) is 2.73. The molecule has 1 N–H and O–H groups in total. The summed E-state index contributed by atoms with van der Waals surface area (Å²) < 4.78 is 0. The van der Waals surface area contributed by atoms with Gasteiger partial charge < -0.3 is 10.0 Å². The van der Waals surface area contributed by atoms with Gasteiger partial charge in [-0.3, -0.25) is 0 Å². The number of anilines is 1. The first-order chi connectivity index (χ1) is 9.25. The van der Waals surface area contributed by atoms with Crippen LogP contribution in [-0.4, -0.2) is 27.1 Å². The second-order valence-corrected chi connectivity index (χ2v) is 5.50. The summed E-state index contributed by atoms with van der Waals surface area (Å²) in [6, 6.07) is 4.44. The topological polar surface area (TPSA) is 66.3 Å². The summed E-state index contributed by atoms with van der Waals surface area (Å²) in [7, 11) is 0. The number of carboxylic acids is 1. The van der Waals surface area contributed by atoms with Crippen molar-refractivity contribution in [3.63, 3.8) is 0 Å². The fourth-order valence-electron chi connectivity index (χ4n) is 2.03. The SMILES string of the molecule is O=C(O)c1nccnc1N(Cc1cccs1)C1CC1. The first kappa shape index (κ1) is 12.1. The number of hydrogen-bond donors (Lipinski definition) is 1. The van der Waals surface area contributed by atoms with E-state index in [9.17, 15) is 9.90 Å². The summed E-state index contributed by atoms with van der Waals surface area (Å²) in [6.45, 7) is 0.696. The lowest BCUT2D eigenvalue weighted by atomic mass is 10.3. The zero-order valence-electron chi connectivity index (χ0n) is 10.2. The lowest BCUT2D eigenvalue weighted by Crippen LogP contribution is -2.28. The average molecular weight is 275 g/mol. The third kappa shape index (κ3) is 2.58. The van der Waals surface area contributed by atoms with Crippen molar-refractivity contribution < 1.29 is 9.90 Å². The van der Waals surface area contributed by atoms with Crippen LogP contribution in [0.1, 0.15) is 28.2 Å². The molecule has 0 aliphatic heterocycles. The molecule has 6 heteroatoms. The molecule has 0 amide bonds. The van der Waals surface area contributed by atoms with Crippen LogP contribution in [0.5, 0.6) is 0 Å². The molecule has 2 heterocycles. The highest BCUT2D eigenvalue weighted by molar-refractivity contribution is 7.09. The van der Waals surface area contributed by atoms with Crippen LogP contribution in [-0.2, 0) is 6.54 Å². The summed E-state index contributed by atoms with van der Waals surface area (Å²) in [6.07, 6.45) is 5.14. The van der Waals surface area contributed by atoms with Crippen LogP contribution in [0.25, 0.3) is 0 Å². The second kappa shape index (κ2) is 4.97. The Morgan fingerprint density at radius 3 is 2.84 bits per heavy atom. The molecule has 5 nitrogen and oxygen atoms in total. The molecular formula is C13H13N3O2S. The van der Waals surface area contributed by atoms with E-state index in [-0.39, 0.29) is 5.69 Å². The Labute approximate surface area is 114 Å². The number of nitrogens with zero attached hydrogens (tertiary/aromatic N) is 3. The molecule has 0 atom stereocenters. The molecule has 3 rings (SSSR count). The van der Waals surface area contributed by atoms with E-state index in [1.807, 2.05) is 11.4 Å². The molecule has 0 saturated heterocycles. The maximum atomic E-state index is 11.2. The van der Waals surface area contributed by atoms with Crippen molar-refractivity contribution in [2.75, 3.05) is 4.90 Å². The molecule has 0 spiro atoms. The van der Waals surface area contributed by atoms with Crippen LogP contribution in [0, 0.1) is 0 Å². The Morgan fingerprint density at radius 1 is 1.42 bits per heavy atom.